The van der Waals surface area contributed by atoms with Crippen LogP contribution in [-0.2, 0) is 6.18 Å². The van der Waals surface area contributed by atoms with Crippen molar-refractivity contribution in [2.45, 2.75) is 20.0 Å². The molecule has 0 atom stereocenters. The fraction of sp³-hybridized carbons (Fsp3) is 0.143. The van der Waals surface area contributed by atoms with Gasteiger partial charge in [-0.3, -0.25) is 4.98 Å². The quantitative estimate of drug-likeness (QED) is 0.466. The highest BCUT2D eigenvalue weighted by Gasteiger charge is 2.31. The fourth-order valence-corrected chi connectivity index (χ4v) is 3.43. The number of benzene rings is 2. The van der Waals surface area contributed by atoms with Gasteiger partial charge in [0.2, 0.25) is 0 Å². The first kappa shape index (κ1) is 17.3. The maximum atomic E-state index is 12.8. The number of hydrogen-bond donors (Lipinski definition) is 0. The SMILES string of the molecule is Cc1cc2ccccc2c(C)c1-c1ccnc(-c2cc(C(F)(F)F)n[n-]2)c1. The molecule has 2 aromatic heterocycles. The fourth-order valence-electron chi connectivity index (χ4n) is 3.43. The Morgan fingerprint density at radius 2 is 1.74 bits per heavy atom. The number of hydrogen-bond acceptors (Lipinski definition) is 2. The lowest BCUT2D eigenvalue weighted by Crippen LogP contribution is -2.04. The summed E-state index contributed by atoms with van der Waals surface area (Å²) in [5.41, 5.74) is 3.61. The summed E-state index contributed by atoms with van der Waals surface area (Å²) in [5.74, 6) is 0. The van der Waals surface area contributed by atoms with Crippen LogP contribution in [0.25, 0.3) is 33.3 Å². The smallest absolute Gasteiger partial charge is 0.431 e. The second-order valence-corrected chi connectivity index (χ2v) is 6.46. The van der Waals surface area contributed by atoms with Crippen molar-refractivity contribution in [2.75, 3.05) is 0 Å². The predicted molar refractivity (Wildman–Crippen MR) is 98.2 cm³/mol. The molecule has 0 radical (unpaired) electrons. The lowest BCUT2D eigenvalue weighted by Gasteiger charge is -2.15. The van der Waals surface area contributed by atoms with E-state index in [1.807, 2.05) is 25.1 Å². The van der Waals surface area contributed by atoms with Gasteiger partial charge in [-0.1, -0.05) is 36.0 Å². The number of aryl methyl sites for hydroxylation is 2. The summed E-state index contributed by atoms with van der Waals surface area (Å²) in [4.78, 5) is 4.18. The van der Waals surface area contributed by atoms with Crippen LogP contribution in [0, 0.1) is 13.8 Å². The number of rotatable bonds is 2. The number of fused-ring (bicyclic) bond motifs is 1. The van der Waals surface area contributed by atoms with Gasteiger partial charge in [-0.15, -0.1) is 0 Å². The number of nitrogens with zero attached hydrogens (tertiary/aromatic N) is 3. The monoisotopic (exact) mass is 366 g/mol. The highest BCUT2D eigenvalue weighted by Crippen LogP contribution is 2.35. The molecule has 0 aliphatic heterocycles. The third-order valence-corrected chi connectivity index (χ3v) is 4.65. The first-order valence-corrected chi connectivity index (χ1v) is 8.38. The topological polar surface area (TPSA) is 39.9 Å². The molecule has 0 N–H and O–H groups in total. The largest absolute Gasteiger partial charge is 0.573 e. The molecule has 4 rings (SSSR count). The van der Waals surface area contributed by atoms with E-state index in [4.69, 9.17) is 0 Å². The molecule has 2 aromatic carbocycles. The van der Waals surface area contributed by atoms with Crippen LogP contribution >= 0.6 is 0 Å². The molecule has 27 heavy (non-hydrogen) atoms. The third kappa shape index (κ3) is 3.07. The van der Waals surface area contributed by atoms with Gasteiger partial charge in [0.05, 0.1) is 0 Å². The van der Waals surface area contributed by atoms with Crippen LogP contribution in [0.15, 0.2) is 54.7 Å². The standard InChI is InChI=1S/C21H15F3N3/c1-12-9-14-5-3-4-6-16(14)13(2)20(12)15-7-8-25-17(10-15)18-11-19(27-26-18)21(22,23)24/h3-11H,1-2H3/q-1. The molecule has 0 saturated heterocycles. The van der Waals surface area contributed by atoms with Crippen molar-refractivity contribution < 1.29 is 13.2 Å². The summed E-state index contributed by atoms with van der Waals surface area (Å²) >= 11 is 0. The second-order valence-electron chi connectivity index (χ2n) is 6.46. The molecule has 0 amide bonds. The Bertz CT molecular complexity index is 1140. The van der Waals surface area contributed by atoms with E-state index in [2.05, 4.69) is 40.3 Å². The first-order valence-electron chi connectivity index (χ1n) is 8.38. The zero-order valence-corrected chi connectivity index (χ0v) is 14.7. The van der Waals surface area contributed by atoms with Gasteiger partial charge in [0.15, 0.2) is 0 Å². The van der Waals surface area contributed by atoms with E-state index in [-0.39, 0.29) is 5.69 Å². The van der Waals surface area contributed by atoms with E-state index in [9.17, 15) is 13.2 Å². The zero-order valence-electron chi connectivity index (χ0n) is 14.7. The first-order chi connectivity index (χ1) is 12.8. The summed E-state index contributed by atoms with van der Waals surface area (Å²) < 4.78 is 38.4. The van der Waals surface area contributed by atoms with Gasteiger partial charge in [0, 0.05) is 11.9 Å². The van der Waals surface area contributed by atoms with Gasteiger partial charge in [0.25, 0.3) is 0 Å². The molecule has 0 spiro atoms. The Balaban J connectivity index is 1.84. The molecule has 6 heteroatoms. The Morgan fingerprint density at radius 1 is 0.963 bits per heavy atom. The summed E-state index contributed by atoms with van der Waals surface area (Å²) in [5, 5.41) is 9.17. The third-order valence-electron chi connectivity index (χ3n) is 4.65. The van der Waals surface area contributed by atoms with Gasteiger partial charge >= 0.3 is 6.18 Å². The average Bonchev–Trinajstić information content (AvgIpc) is 3.13. The molecule has 0 saturated carbocycles. The van der Waals surface area contributed by atoms with Crippen molar-refractivity contribution in [3.63, 3.8) is 0 Å². The van der Waals surface area contributed by atoms with Crippen molar-refractivity contribution >= 4 is 10.8 Å². The highest BCUT2D eigenvalue weighted by atomic mass is 19.4. The molecule has 0 bridgehead atoms. The molecule has 0 aliphatic rings. The molecule has 0 aliphatic carbocycles. The Labute approximate surface area is 153 Å². The van der Waals surface area contributed by atoms with Crippen molar-refractivity contribution in [3.05, 3.63) is 71.5 Å². The van der Waals surface area contributed by atoms with Crippen molar-refractivity contribution in [1.82, 2.24) is 15.2 Å². The zero-order chi connectivity index (χ0) is 19.2. The van der Waals surface area contributed by atoms with E-state index in [0.29, 0.717) is 5.69 Å². The minimum absolute atomic E-state index is 0.111. The second kappa shape index (κ2) is 6.23. The van der Waals surface area contributed by atoms with Crippen LogP contribution in [0.5, 0.6) is 0 Å². The summed E-state index contributed by atoms with van der Waals surface area (Å²) in [6, 6.07) is 14.8. The molecule has 2 heterocycles. The molecule has 0 fully saturated rings. The maximum Gasteiger partial charge on any atom is 0.431 e. The molecular weight excluding hydrogens is 351 g/mol. The van der Waals surface area contributed by atoms with Gasteiger partial charge in [-0.25, -0.2) is 0 Å². The summed E-state index contributed by atoms with van der Waals surface area (Å²) in [6.45, 7) is 4.08. The Kier molecular flexibility index (Phi) is 3.98. The van der Waals surface area contributed by atoms with Crippen molar-refractivity contribution in [3.8, 4) is 22.5 Å². The predicted octanol–water partition coefficient (Wildman–Crippen LogP) is 5.56. The highest BCUT2D eigenvalue weighted by molar-refractivity contribution is 5.93. The van der Waals surface area contributed by atoms with Gasteiger partial charge in [-0.2, -0.15) is 13.2 Å². The Hall–Kier alpha value is -3.15. The molecule has 0 unspecified atom stereocenters. The lowest BCUT2D eigenvalue weighted by atomic mass is 9.91. The van der Waals surface area contributed by atoms with Gasteiger partial charge < -0.3 is 10.2 Å². The van der Waals surface area contributed by atoms with E-state index < -0.39 is 11.9 Å². The van der Waals surface area contributed by atoms with Crippen LogP contribution in [0.2, 0.25) is 0 Å². The number of pyridine rings is 1. The van der Waals surface area contributed by atoms with E-state index in [0.717, 1.165) is 39.1 Å². The summed E-state index contributed by atoms with van der Waals surface area (Å²) in [6.07, 6.45) is -2.94. The minimum Gasteiger partial charge on any atom is -0.573 e. The lowest BCUT2D eigenvalue weighted by molar-refractivity contribution is -0.141. The van der Waals surface area contributed by atoms with Crippen LogP contribution in [0.3, 0.4) is 0 Å². The number of halogens is 3. The summed E-state index contributed by atoms with van der Waals surface area (Å²) in [7, 11) is 0. The number of aromatic nitrogens is 3. The van der Waals surface area contributed by atoms with Crippen molar-refractivity contribution in [2.24, 2.45) is 0 Å². The van der Waals surface area contributed by atoms with E-state index in [1.165, 1.54) is 0 Å². The Morgan fingerprint density at radius 3 is 2.48 bits per heavy atom. The van der Waals surface area contributed by atoms with Gasteiger partial charge in [0.1, 0.15) is 5.69 Å². The number of alkyl halides is 3. The van der Waals surface area contributed by atoms with Crippen LogP contribution in [-0.4, -0.2) is 10.1 Å². The van der Waals surface area contributed by atoms with E-state index in [1.54, 1.807) is 12.3 Å². The van der Waals surface area contributed by atoms with Crippen molar-refractivity contribution in [1.29, 1.82) is 0 Å². The minimum atomic E-state index is -4.52. The van der Waals surface area contributed by atoms with Crippen LogP contribution in [0.1, 0.15) is 16.8 Å². The average molecular weight is 366 g/mol. The molecule has 4 aromatic rings. The van der Waals surface area contributed by atoms with Gasteiger partial charge in [-0.05, 0) is 65.1 Å². The van der Waals surface area contributed by atoms with Crippen LogP contribution < -0.4 is 5.10 Å². The normalized spacial score (nSPS) is 11.9. The molecular formula is C21H15F3N3-. The molecule has 3 nitrogen and oxygen atoms in total. The maximum absolute atomic E-state index is 12.8. The van der Waals surface area contributed by atoms with Crippen LogP contribution in [0.4, 0.5) is 13.2 Å². The molecule has 136 valence electrons. The van der Waals surface area contributed by atoms with E-state index >= 15 is 0 Å².